The number of carboxylic acid groups (broad SMARTS) is 1. The van der Waals surface area contributed by atoms with E-state index in [1.165, 1.54) is 13.1 Å². The first kappa shape index (κ1) is 18.8. The van der Waals surface area contributed by atoms with Crippen molar-refractivity contribution in [2.24, 2.45) is 0 Å². The molecule has 3 aromatic rings. The van der Waals surface area contributed by atoms with Crippen LogP contribution in [0.15, 0.2) is 64.0 Å². The second-order valence-corrected chi connectivity index (χ2v) is 7.10. The van der Waals surface area contributed by atoms with E-state index in [1.54, 1.807) is 6.07 Å². The number of carboxylic acids is 1. The molecule has 1 amide bonds. The van der Waals surface area contributed by atoms with Crippen LogP contribution in [-0.4, -0.2) is 27.6 Å². The van der Waals surface area contributed by atoms with Gasteiger partial charge in [-0.25, -0.2) is 0 Å². The Morgan fingerprint density at radius 3 is 2.56 bits per heavy atom. The van der Waals surface area contributed by atoms with Gasteiger partial charge in [-0.15, -0.1) is 0 Å². The van der Waals surface area contributed by atoms with E-state index in [0.717, 1.165) is 10.0 Å². The Kier molecular flexibility index (Phi) is 5.41. The molecule has 2 N–H and O–H groups in total. The summed E-state index contributed by atoms with van der Waals surface area (Å²) < 4.78 is 2.54. The van der Waals surface area contributed by atoms with E-state index in [2.05, 4.69) is 21.2 Å². The number of pyridine rings is 1. The topological polar surface area (TPSA) is 88.4 Å². The number of aliphatic carboxylic acids is 1. The molecule has 138 valence electrons. The van der Waals surface area contributed by atoms with E-state index in [1.807, 2.05) is 47.0 Å². The van der Waals surface area contributed by atoms with Gasteiger partial charge in [-0.2, -0.15) is 0 Å². The number of carbonyl (C=O) groups excluding carboxylic acids is 1. The number of nitrogens with zero attached hydrogens (tertiary/aromatic N) is 1. The molecule has 0 aliphatic rings. The van der Waals surface area contributed by atoms with Crippen molar-refractivity contribution in [3.05, 3.63) is 80.6 Å². The molecule has 0 radical (unpaired) electrons. The first-order valence-electron chi connectivity index (χ1n) is 8.27. The van der Waals surface area contributed by atoms with Gasteiger partial charge in [0.1, 0.15) is 11.6 Å². The van der Waals surface area contributed by atoms with Crippen molar-refractivity contribution in [1.29, 1.82) is 0 Å². The highest BCUT2D eigenvalue weighted by molar-refractivity contribution is 9.10. The molecule has 1 aromatic heterocycles. The largest absolute Gasteiger partial charge is 0.480 e. The molecule has 1 heterocycles. The zero-order chi connectivity index (χ0) is 19.6. The minimum absolute atomic E-state index is 0.0929. The van der Waals surface area contributed by atoms with E-state index in [0.29, 0.717) is 17.4 Å². The quantitative estimate of drug-likeness (QED) is 0.653. The molecule has 3 rings (SSSR count). The predicted molar refractivity (Wildman–Crippen MR) is 106 cm³/mol. The monoisotopic (exact) mass is 428 g/mol. The lowest BCUT2D eigenvalue weighted by atomic mass is 10.1. The van der Waals surface area contributed by atoms with Gasteiger partial charge >= 0.3 is 5.97 Å². The summed E-state index contributed by atoms with van der Waals surface area (Å²) in [5.74, 6) is -1.88. The van der Waals surface area contributed by atoms with Crippen LogP contribution in [0.25, 0.3) is 10.9 Å². The van der Waals surface area contributed by atoms with Gasteiger partial charge in [0.2, 0.25) is 5.43 Å². The highest BCUT2D eigenvalue weighted by Crippen LogP contribution is 2.19. The van der Waals surface area contributed by atoms with Gasteiger partial charge in [0.05, 0.1) is 5.52 Å². The summed E-state index contributed by atoms with van der Waals surface area (Å²) in [7, 11) is 0. The molecule has 0 aliphatic heterocycles. The molecular formula is C20H17BrN2O4. The fourth-order valence-corrected chi connectivity index (χ4v) is 3.14. The lowest BCUT2D eigenvalue weighted by Crippen LogP contribution is -2.40. The fraction of sp³-hybridized carbons (Fsp3) is 0.150. The Hall–Kier alpha value is -2.93. The Morgan fingerprint density at radius 2 is 1.89 bits per heavy atom. The first-order chi connectivity index (χ1) is 12.9. The summed E-state index contributed by atoms with van der Waals surface area (Å²) in [6.45, 7) is 1.81. The van der Waals surface area contributed by atoms with Crippen LogP contribution in [0.2, 0.25) is 0 Å². The van der Waals surface area contributed by atoms with Crippen LogP contribution in [0.1, 0.15) is 22.8 Å². The molecule has 0 saturated carbocycles. The molecule has 1 atom stereocenters. The highest BCUT2D eigenvalue weighted by Gasteiger charge is 2.20. The number of rotatable bonds is 5. The highest BCUT2D eigenvalue weighted by atomic mass is 79.9. The zero-order valence-corrected chi connectivity index (χ0v) is 16.1. The number of benzene rings is 2. The summed E-state index contributed by atoms with van der Waals surface area (Å²) in [5, 5.41) is 11.7. The minimum Gasteiger partial charge on any atom is -0.480 e. The second-order valence-electron chi connectivity index (χ2n) is 6.18. The number of hydrogen-bond acceptors (Lipinski definition) is 3. The average Bonchev–Trinajstić information content (AvgIpc) is 2.64. The number of aromatic nitrogens is 1. The zero-order valence-electron chi connectivity index (χ0n) is 14.5. The Bertz CT molecular complexity index is 1080. The van der Waals surface area contributed by atoms with E-state index in [-0.39, 0.29) is 5.56 Å². The van der Waals surface area contributed by atoms with Crippen molar-refractivity contribution in [1.82, 2.24) is 9.88 Å². The van der Waals surface area contributed by atoms with E-state index < -0.39 is 23.3 Å². The van der Waals surface area contributed by atoms with Crippen molar-refractivity contribution in [2.75, 3.05) is 0 Å². The number of carbonyl (C=O) groups is 2. The number of nitrogens with one attached hydrogen (secondary N) is 1. The van der Waals surface area contributed by atoms with Gasteiger partial charge in [-0.1, -0.05) is 46.3 Å². The fourth-order valence-electron chi connectivity index (χ4n) is 2.78. The number of fused-ring (bicyclic) bond motifs is 1. The van der Waals surface area contributed by atoms with Crippen LogP contribution in [0, 0.1) is 0 Å². The lowest BCUT2D eigenvalue weighted by molar-refractivity contribution is -0.138. The van der Waals surface area contributed by atoms with E-state index in [4.69, 9.17) is 5.11 Å². The molecule has 0 saturated heterocycles. The Labute approximate surface area is 163 Å². The van der Waals surface area contributed by atoms with Crippen molar-refractivity contribution in [3.8, 4) is 0 Å². The third-order valence-electron chi connectivity index (χ3n) is 4.20. The molecule has 6 nitrogen and oxygen atoms in total. The second kappa shape index (κ2) is 7.75. The summed E-state index contributed by atoms with van der Waals surface area (Å²) in [5.41, 5.74) is 1.17. The molecule has 0 bridgehead atoms. The smallest absolute Gasteiger partial charge is 0.325 e. The van der Waals surface area contributed by atoms with E-state index >= 15 is 0 Å². The molecule has 2 aromatic carbocycles. The third-order valence-corrected chi connectivity index (χ3v) is 4.69. The van der Waals surface area contributed by atoms with Gasteiger partial charge < -0.3 is 15.0 Å². The van der Waals surface area contributed by atoms with Crippen LogP contribution < -0.4 is 10.7 Å². The van der Waals surface area contributed by atoms with Gasteiger partial charge in [-0.05, 0) is 30.7 Å². The van der Waals surface area contributed by atoms with Gasteiger partial charge in [0.25, 0.3) is 5.91 Å². The Balaban J connectivity index is 2.14. The first-order valence-corrected chi connectivity index (χ1v) is 9.06. The van der Waals surface area contributed by atoms with Crippen LogP contribution in [0.3, 0.4) is 0 Å². The maximum Gasteiger partial charge on any atom is 0.325 e. The standard InChI is InChI=1S/C20H17BrN2O4/c1-12(20(26)27)22-19(25)16-11-23(10-13-5-3-2-4-6-13)17-8-7-14(21)9-15(17)18(16)24/h2-9,11-12H,10H2,1H3,(H,22,25)(H,26,27)/t12-/m0/s1. The van der Waals surface area contributed by atoms with Crippen LogP contribution >= 0.6 is 15.9 Å². The molecule has 0 aliphatic carbocycles. The maximum atomic E-state index is 12.8. The maximum absolute atomic E-state index is 12.8. The van der Waals surface area contributed by atoms with Crippen molar-refractivity contribution < 1.29 is 14.7 Å². The van der Waals surface area contributed by atoms with Gasteiger partial charge in [0.15, 0.2) is 0 Å². The van der Waals surface area contributed by atoms with Crippen LogP contribution in [0.5, 0.6) is 0 Å². The Morgan fingerprint density at radius 1 is 1.19 bits per heavy atom. The van der Waals surface area contributed by atoms with E-state index in [9.17, 15) is 14.4 Å². The van der Waals surface area contributed by atoms with Crippen molar-refractivity contribution in [3.63, 3.8) is 0 Å². The molecule has 7 heteroatoms. The summed E-state index contributed by atoms with van der Waals surface area (Å²) in [6, 6.07) is 13.9. The summed E-state index contributed by atoms with van der Waals surface area (Å²) in [4.78, 5) is 36.4. The third kappa shape index (κ3) is 4.09. The summed E-state index contributed by atoms with van der Waals surface area (Å²) in [6.07, 6.45) is 1.48. The minimum atomic E-state index is -1.17. The number of amides is 1. The molecular weight excluding hydrogens is 412 g/mol. The normalized spacial score (nSPS) is 11.9. The number of halogens is 1. The SMILES string of the molecule is C[C@H](NC(=O)c1cn(Cc2ccccc2)c2ccc(Br)cc2c1=O)C(=O)O. The molecule has 0 unspecified atom stereocenters. The molecule has 0 fully saturated rings. The average molecular weight is 429 g/mol. The van der Waals surface area contributed by atoms with Gasteiger partial charge in [-0.3, -0.25) is 14.4 Å². The van der Waals surface area contributed by atoms with Crippen molar-refractivity contribution in [2.45, 2.75) is 19.5 Å². The van der Waals surface area contributed by atoms with Crippen LogP contribution in [-0.2, 0) is 11.3 Å². The van der Waals surface area contributed by atoms with Gasteiger partial charge in [0, 0.05) is 22.6 Å². The number of hydrogen-bond donors (Lipinski definition) is 2. The molecule has 0 spiro atoms. The molecule has 27 heavy (non-hydrogen) atoms. The van der Waals surface area contributed by atoms with Crippen molar-refractivity contribution >= 4 is 38.7 Å². The summed E-state index contributed by atoms with van der Waals surface area (Å²) >= 11 is 3.35. The predicted octanol–water partition coefficient (Wildman–Crippen LogP) is 3.02. The lowest BCUT2D eigenvalue weighted by Gasteiger charge is -2.15. The van der Waals surface area contributed by atoms with Crippen LogP contribution in [0.4, 0.5) is 0 Å².